The van der Waals surface area contributed by atoms with Gasteiger partial charge in [-0.25, -0.2) is 4.79 Å². The lowest BCUT2D eigenvalue weighted by Crippen LogP contribution is -3.00. The minimum absolute atomic E-state index is 0. The molecule has 0 fully saturated rings. The Morgan fingerprint density at radius 1 is 1.30 bits per heavy atom. The Morgan fingerprint density at radius 3 is 2.45 bits per heavy atom. The second-order valence-corrected chi connectivity index (χ2v) is 5.56. The van der Waals surface area contributed by atoms with Gasteiger partial charge in [-0.1, -0.05) is 29.8 Å². The number of carbonyl (C=O) groups is 1. The van der Waals surface area contributed by atoms with Crippen LogP contribution in [0.3, 0.4) is 0 Å². The van der Waals surface area contributed by atoms with E-state index in [1.807, 2.05) is 24.3 Å². The molecule has 2 rings (SSSR count). The number of methoxy groups -OCH3 is 1. The van der Waals surface area contributed by atoms with Crippen molar-refractivity contribution in [1.29, 1.82) is 0 Å². The van der Waals surface area contributed by atoms with Crippen LogP contribution in [0.2, 0.25) is 5.02 Å². The first kappa shape index (κ1) is 17.2. The molecule has 1 aromatic carbocycles. The maximum absolute atomic E-state index is 12.2. The summed E-state index contributed by atoms with van der Waals surface area (Å²) in [6.07, 6.45) is 5.28. The molecule has 110 valence electrons. The lowest BCUT2D eigenvalue weighted by molar-refractivity contribution is -0.926. The van der Waals surface area contributed by atoms with Crippen LogP contribution in [-0.4, -0.2) is 37.7 Å². The molecule has 20 heavy (non-hydrogen) atoms. The van der Waals surface area contributed by atoms with Crippen molar-refractivity contribution in [3.05, 3.63) is 47.0 Å². The van der Waals surface area contributed by atoms with Crippen LogP contribution in [-0.2, 0) is 9.53 Å². The zero-order valence-corrected chi connectivity index (χ0v) is 14.0. The fourth-order valence-electron chi connectivity index (χ4n) is 2.64. The molecular formula is C15H19BrClNO2. The van der Waals surface area contributed by atoms with Crippen molar-refractivity contribution in [2.75, 3.05) is 27.2 Å². The number of hydrogen-bond donors (Lipinski definition) is 0. The van der Waals surface area contributed by atoms with E-state index in [0.717, 1.165) is 25.1 Å². The molecule has 1 heterocycles. The van der Waals surface area contributed by atoms with E-state index in [0.29, 0.717) is 9.51 Å². The summed E-state index contributed by atoms with van der Waals surface area (Å²) < 4.78 is 5.65. The Morgan fingerprint density at radius 2 is 1.95 bits per heavy atom. The molecule has 1 aliphatic heterocycles. The van der Waals surface area contributed by atoms with Gasteiger partial charge >= 0.3 is 5.97 Å². The van der Waals surface area contributed by atoms with E-state index >= 15 is 0 Å². The van der Waals surface area contributed by atoms with Crippen molar-refractivity contribution in [2.24, 2.45) is 0 Å². The Hall–Kier alpha value is -0.840. The highest BCUT2D eigenvalue weighted by molar-refractivity contribution is 6.30. The molecule has 2 unspecified atom stereocenters. The number of carbonyl (C=O) groups excluding carboxylic acids is 1. The van der Waals surface area contributed by atoms with Crippen molar-refractivity contribution in [3.63, 3.8) is 0 Å². The molecule has 3 nitrogen and oxygen atoms in total. The molecule has 5 heteroatoms. The highest BCUT2D eigenvalue weighted by Gasteiger charge is 2.40. The minimum atomic E-state index is -0.299. The van der Waals surface area contributed by atoms with E-state index < -0.39 is 0 Å². The first-order valence-corrected chi connectivity index (χ1v) is 6.77. The van der Waals surface area contributed by atoms with Crippen molar-refractivity contribution in [1.82, 2.24) is 0 Å². The number of rotatable bonds is 3. The summed E-state index contributed by atoms with van der Waals surface area (Å²) in [5.41, 5.74) is 0.953. The van der Waals surface area contributed by atoms with E-state index in [1.165, 1.54) is 7.11 Å². The average molecular weight is 361 g/mol. The summed E-state index contributed by atoms with van der Waals surface area (Å²) in [6.45, 7) is 1.77. The summed E-state index contributed by atoms with van der Waals surface area (Å²) >= 11 is 5.92. The summed E-state index contributed by atoms with van der Waals surface area (Å²) in [6, 6.07) is 7.15. The quantitative estimate of drug-likeness (QED) is 0.430. The van der Waals surface area contributed by atoms with Crippen molar-refractivity contribution < 1.29 is 31.0 Å². The van der Waals surface area contributed by atoms with E-state index in [1.54, 1.807) is 0 Å². The number of ether oxygens (including phenoxy) is 1. The number of likely N-dealkylation sites (N-methyl/N-ethyl adjacent to an activating group) is 1. The highest BCUT2D eigenvalue weighted by Crippen LogP contribution is 2.31. The van der Waals surface area contributed by atoms with Gasteiger partial charge in [0.1, 0.15) is 0 Å². The molecule has 0 amide bonds. The number of nitrogens with zero attached hydrogens (tertiary/aromatic N) is 1. The molecule has 2 atom stereocenters. The predicted molar refractivity (Wildman–Crippen MR) is 75.9 cm³/mol. The number of quaternary nitrogens is 1. The second-order valence-electron chi connectivity index (χ2n) is 5.12. The Bertz CT molecular complexity index is 489. The van der Waals surface area contributed by atoms with Gasteiger partial charge in [0.15, 0.2) is 0 Å². The van der Waals surface area contributed by atoms with Gasteiger partial charge in [0.2, 0.25) is 6.04 Å². The normalized spacial score (nSPS) is 22.8. The van der Waals surface area contributed by atoms with Crippen LogP contribution >= 0.6 is 11.6 Å². The third-order valence-electron chi connectivity index (χ3n) is 3.73. The summed E-state index contributed by atoms with van der Waals surface area (Å²) in [4.78, 5) is 12.2. The van der Waals surface area contributed by atoms with Gasteiger partial charge in [-0.2, -0.15) is 0 Å². The number of halogens is 2. The lowest BCUT2D eigenvalue weighted by atomic mass is 10.0. The topological polar surface area (TPSA) is 26.3 Å². The molecule has 0 radical (unpaired) electrons. The van der Waals surface area contributed by atoms with Gasteiger partial charge in [0.25, 0.3) is 0 Å². The molecule has 0 aromatic heterocycles. The van der Waals surface area contributed by atoms with Gasteiger partial charge in [0, 0.05) is 17.0 Å². The van der Waals surface area contributed by atoms with E-state index in [4.69, 9.17) is 16.3 Å². The Balaban J connectivity index is 0.00000200. The Labute approximate surface area is 135 Å². The van der Waals surface area contributed by atoms with Gasteiger partial charge in [-0.15, -0.1) is 0 Å². The molecule has 1 aliphatic rings. The number of hydrogen-bond acceptors (Lipinski definition) is 2. The van der Waals surface area contributed by atoms with E-state index in [-0.39, 0.29) is 29.0 Å². The van der Waals surface area contributed by atoms with Gasteiger partial charge < -0.3 is 26.2 Å². The Kier molecular flexibility index (Phi) is 6.24. The standard InChI is InChI=1S/C15H19ClNO2.BrH/c1-17(10-4-3-5-11-17)14(15(18)19-2)12-6-8-13(16)9-7-12;/h3-4,6-9,14H,5,10-11H2,1-2H3;1H/q+1;/p-1. The smallest absolute Gasteiger partial charge is 0.369 e. The molecule has 0 saturated carbocycles. The van der Waals surface area contributed by atoms with Crippen LogP contribution < -0.4 is 17.0 Å². The van der Waals surface area contributed by atoms with Crippen LogP contribution in [0.1, 0.15) is 18.0 Å². The average Bonchev–Trinajstić information content (AvgIpc) is 2.41. The molecule has 1 aromatic rings. The zero-order valence-electron chi connectivity index (χ0n) is 11.7. The van der Waals surface area contributed by atoms with Crippen LogP contribution in [0.4, 0.5) is 0 Å². The third-order valence-corrected chi connectivity index (χ3v) is 3.98. The second kappa shape index (κ2) is 7.25. The van der Waals surface area contributed by atoms with E-state index in [2.05, 4.69) is 19.2 Å². The van der Waals surface area contributed by atoms with Crippen molar-refractivity contribution >= 4 is 17.6 Å². The number of benzene rings is 1. The van der Waals surface area contributed by atoms with Crippen molar-refractivity contribution in [2.45, 2.75) is 12.5 Å². The van der Waals surface area contributed by atoms with Gasteiger partial charge in [-0.3, -0.25) is 0 Å². The fraction of sp³-hybridized carbons (Fsp3) is 0.400. The molecule has 0 bridgehead atoms. The maximum atomic E-state index is 12.2. The van der Waals surface area contributed by atoms with Crippen LogP contribution in [0.25, 0.3) is 0 Å². The molecule has 0 N–H and O–H groups in total. The predicted octanol–water partition coefficient (Wildman–Crippen LogP) is -0.0354. The van der Waals surface area contributed by atoms with Gasteiger partial charge in [-0.05, 0) is 18.2 Å². The number of esters is 1. The first-order valence-electron chi connectivity index (χ1n) is 6.39. The monoisotopic (exact) mass is 359 g/mol. The largest absolute Gasteiger partial charge is 1.00 e. The molecule has 0 saturated heterocycles. The molecule has 0 spiro atoms. The minimum Gasteiger partial charge on any atom is -1.00 e. The maximum Gasteiger partial charge on any atom is 0.369 e. The molecule has 0 aliphatic carbocycles. The summed E-state index contributed by atoms with van der Waals surface area (Å²) in [5.74, 6) is -0.194. The highest BCUT2D eigenvalue weighted by atomic mass is 79.9. The van der Waals surface area contributed by atoms with Crippen LogP contribution in [0.5, 0.6) is 0 Å². The zero-order chi connectivity index (χ0) is 13.9. The van der Waals surface area contributed by atoms with Gasteiger partial charge in [0.05, 0.1) is 27.2 Å². The SMILES string of the molecule is COC(=O)C(c1ccc(Cl)cc1)[N+]1(C)CC=CCC1.[Br-]. The van der Waals surface area contributed by atoms with E-state index in [9.17, 15) is 4.79 Å². The lowest BCUT2D eigenvalue weighted by Gasteiger charge is -2.40. The van der Waals surface area contributed by atoms with Crippen LogP contribution in [0.15, 0.2) is 36.4 Å². The van der Waals surface area contributed by atoms with Crippen LogP contribution in [0, 0.1) is 0 Å². The van der Waals surface area contributed by atoms with Crippen molar-refractivity contribution in [3.8, 4) is 0 Å². The molecular weight excluding hydrogens is 342 g/mol. The summed E-state index contributed by atoms with van der Waals surface area (Å²) in [7, 11) is 3.54. The summed E-state index contributed by atoms with van der Waals surface area (Å²) in [5, 5.41) is 0.675. The first-order chi connectivity index (χ1) is 9.07. The third kappa shape index (κ3) is 3.62. The fourth-order valence-corrected chi connectivity index (χ4v) is 2.76.